The lowest BCUT2D eigenvalue weighted by Gasteiger charge is -2.32. The van der Waals surface area contributed by atoms with Gasteiger partial charge in [0.1, 0.15) is 11.2 Å². The van der Waals surface area contributed by atoms with Crippen LogP contribution >= 0.6 is 23.2 Å². The van der Waals surface area contributed by atoms with Gasteiger partial charge in [0.15, 0.2) is 0 Å². The summed E-state index contributed by atoms with van der Waals surface area (Å²) in [5.41, 5.74) is 9.84. The third kappa shape index (κ3) is 6.04. The van der Waals surface area contributed by atoms with E-state index in [-0.39, 0.29) is 16.6 Å². The molecule has 1 aliphatic rings. The lowest BCUT2D eigenvalue weighted by Crippen LogP contribution is -2.43. The maximum atomic E-state index is 14.0. The average Bonchev–Trinajstić information content (AvgIpc) is 2.95. The smallest absolute Gasteiger partial charge is 0.254 e. The number of rotatable bonds is 7. The number of halogens is 2. The highest BCUT2D eigenvalue weighted by atomic mass is 35.5. The van der Waals surface area contributed by atoms with Crippen LogP contribution in [-0.4, -0.2) is 26.9 Å². The van der Waals surface area contributed by atoms with Crippen LogP contribution in [0.5, 0.6) is 0 Å². The standard InChI is InChI=1S/C30H28Cl2N6O2/c31-23-10-11-26(38(34)18-28(32)33)24(15-23)25-16-29(39)37(19-35-25)27(14-20-6-2-1-3-7-20)30(40)36-13-12-21-8-4-5-9-22(21)17-36/h1-11,15-16,18-19,27H,12-14,17,33-34H2/b28-18-. The van der Waals surface area contributed by atoms with E-state index in [2.05, 4.69) is 11.1 Å². The first-order valence-electron chi connectivity index (χ1n) is 12.7. The van der Waals surface area contributed by atoms with Gasteiger partial charge in [0, 0.05) is 36.2 Å². The topological polar surface area (TPSA) is 110 Å². The van der Waals surface area contributed by atoms with E-state index in [1.807, 2.05) is 53.4 Å². The molecular formula is C30H28Cl2N6O2. The number of hydrogen-bond donors (Lipinski definition) is 2. The number of amides is 1. The highest BCUT2D eigenvalue weighted by molar-refractivity contribution is 6.31. The fraction of sp³-hybridized carbons (Fsp3) is 0.167. The summed E-state index contributed by atoms with van der Waals surface area (Å²) in [5.74, 6) is 6.00. The molecule has 0 aliphatic carbocycles. The number of benzene rings is 3. The number of aromatic nitrogens is 2. The summed E-state index contributed by atoms with van der Waals surface area (Å²) in [7, 11) is 0. The maximum absolute atomic E-state index is 14.0. The van der Waals surface area contributed by atoms with Gasteiger partial charge in [0.2, 0.25) is 5.91 Å². The predicted octanol–water partition coefficient (Wildman–Crippen LogP) is 4.61. The Morgan fingerprint density at radius 2 is 1.77 bits per heavy atom. The van der Waals surface area contributed by atoms with Gasteiger partial charge >= 0.3 is 0 Å². The molecule has 4 N–H and O–H groups in total. The molecule has 204 valence electrons. The Kier molecular flexibility index (Phi) is 8.21. The molecular weight excluding hydrogens is 547 g/mol. The highest BCUT2D eigenvalue weighted by Gasteiger charge is 2.30. The van der Waals surface area contributed by atoms with Crippen molar-refractivity contribution in [2.75, 3.05) is 11.6 Å². The molecule has 3 aromatic carbocycles. The molecule has 8 nitrogen and oxygen atoms in total. The number of fused-ring (bicyclic) bond motifs is 1. The second-order valence-corrected chi connectivity index (χ2v) is 10.5. The zero-order chi connectivity index (χ0) is 28.2. The number of hydrazine groups is 1. The van der Waals surface area contributed by atoms with E-state index in [1.54, 1.807) is 18.2 Å². The summed E-state index contributed by atoms with van der Waals surface area (Å²) >= 11 is 12.1. The lowest BCUT2D eigenvalue weighted by atomic mass is 9.98. The molecule has 4 aromatic rings. The molecule has 5 rings (SSSR count). The SMILES string of the molecule is N/C(Cl)=C\N(N)c1ccc(Cl)cc1-c1cc(=O)n(C(Cc2ccccc2)C(=O)N2CCc3ccccc3C2)cn1. The molecule has 1 amide bonds. The Labute approximate surface area is 242 Å². The van der Waals surface area contributed by atoms with Gasteiger partial charge in [-0.05, 0) is 41.3 Å². The molecule has 1 atom stereocenters. The number of nitrogens with zero attached hydrogens (tertiary/aromatic N) is 4. The van der Waals surface area contributed by atoms with Gasteiger partial charge in [-0.3, -0.25) is 19.2 Å². The van der Waals surface area contributed by atoms with E-state index in [0.717, 1.165) is 17.5 Å². The molecule has 0 radical (unpaired) electrons. The summed E-state index contributed by atoms with van der Waals surface area (Å²) in [6.45, 7) is 1.08. The van der Waals surface area contributed by atoms with Crippen LogP contribution in [0.3, 0.4) is 0 Å². The minimum absolute atomic E-state index is 0.0191. The first kappa shape index (κ1) is 27.5. The Balaban J connectivity index is 1.52. The van der Waals surface area contributed by atoms with E-state index >= 15 is 0 Å². The van der Waals surface area contributed by atoms with Crippen molar-refractivity contribution >= 4 is 34.8 Å². The van der Waals surface area contributed by atoms with Crippen LogP contribution in [0.15, 0.2) is 101 Å². The lowest BCUT2D eigenvalue weighted by molar-refractivity contribution is -0.135. The van der Waals surface area contributed by atoms with Gasteiger partial charge in [-0.2, -0.15) is 0 Å². The average molecular weight is 576 g/mol. The number of nitrogens with two attached hydrogens (primary N) is 2. The third-order valence-corrected chi connectivity index (χ3v) is 7.28. The molecule has 2 heterocycles. The van der Waals surface area contributed by atoms with Crippen LogP contribution in [0.4, 0.5) is 5.69 Å². The monoisotopic (exact) mass is 574 g/mol. The molecule has 40 heavy (non-hydrogen) atoms. The summed E-state index contributed by atoms with van der Waals surface area (Å²) in [5, 5.41) is 1.65. The van der Waals surface area contributed by atoms with Gasteiger partial charge in [0.05, 0.1) is 23.9 Å². The van der Waals surface area contributed by atoms with Crippen molar-refractivity contribution in [3.05, 3.63) is 129 Å². The van der Waals surface area contributed by atoms with Crippen molar-refractivity contribution in [2.45, 2.75) is 25.4 Å². The van der Waals surface area contributed by atoms with Gasteiger partial charge in [-0.25, -0.2) is 10.8 Å². The molecule has 1 aliphatic heterocycles. The Hall–Kier alpha value is -4.11. The second kappa shape index (κ2) is 12.0. The van der Waals surface area contributed by atoms with E-state index in [1.165, 1.54) is 33.7 Å². The van der Waals surface area contributed by atoms with Crippen LogP contribution in [-0.2, 0) is 24.2 Å². The molecule has 10 heteroatoms. The second-order valence-electron chi connectivity index (χ2n) is 9.59. The van der Waals surface area contributed by atoms with Crippen LogP contribution in [0.25, 0.3) is 11.3 Å². The minimum Gasteiger partial charge on any atom is -0.388 e. The molecule has 1 aromatic heterocycles. The van der Waals surface area contributed by atoms with Crippen LogP contribution < -0.4 is 22.1 Å². The third-order valence-electron chi connectivity index (χ3n) is 6.95. The van der Waals surface area contributed by atoms with Crippen molar-refractivity contribution in [3.63, 3.8) is 0 Å². The quantitative estimate of drug-likeness (QED) is 0.189. The summed E-state index contributed by atoms with van der Waals surface area (Å²) in [6, 6.07) is 23.4. The highest BCUT2D eigenvalue weighted by Crippen LogP contribution is 2.31. The first-order chi connectivity index (χ1) is 19.3. The van der Waals surface area contributed by atoms with Crippen molar-refractivity contribution < 1.29 is 4.79 Å². The minimum atomic E-state index is -0.773. The van der Waals surface area contributed by atoms with E-state index in [0.29, 0.717) is 41.5 Å². The number of carbonyl (C=O) groups excluding carboxylic acids is 1. The van der Waals surface area contributed by atoms with Crippen LogP contribution in [0.2, 0.25) is 5.02 Å². The molecule has 0 saturated heterocycles. The van der Waals surface area contributed by atoms with Crippen molar-refractivity contribution in [1.29, 1.82) is 0 Å². The number of carbonyl (C=O) groups is 1. The van der Waals surface area contributed by atoms with E-state index < -0.39 is 6.04 Å². The van der Waals surface area contributed by atoms with Crippen LogP contribution in [0, 0.1) is 0 Å². The van der Waals surface area contributed by atoms with Gasteiger partial charge in [-0.15, -0.1) is 0 Å². The zero-order valence-corrected chi connectivity index (χ0v) is 23.1. The largest absolute Gasteiger partial charge is 0.388 e. The maximum Gasteiger partial charge on any atom is 0.254 e. The molecule has 0 bridgehead atoms. The van der Waals surface area contributed by atoms with E-state index in [4.69, 9.17) is 34.8 Å². The van der Waals surface area contributed by atoms with Crippen molar-refractivity contribution in [1.82, 2.24) is 14.5 Å². The molecule has 0 spiro atoms. The summed E-state index contributed by atoms with van der Waals surface area (Å²) in [4.78, 5) is 34.0. The predicted molar refractivity (Wildman–Crippen MR) is 158 cm³/mol. The molecule has 1 unspecified atom stereocenters. The summed E-state index contributed by atoms with van der Waals surface area (Å²) in [6.07, 6.45) is 3.86. The van der Waals surface area contributed by atoms with Crippen molar-refractivity contribution in [3.8, 4) is 11.3 Å². The van der Waals surface area contributed by atoms with Gasteiger partial charge in [-0.1, -0.05) is 77.8 Å². The van der Waals surface area contributed by atoms with Crippen LogP contribution in [0.1, 0.15) is 22.7 Å². The Morgan fingerprint density at radius 1 is 1.05 bits per heavy atom. The fourth-order valence-electron chi connectivity index (χ4n) is 4.97. The Morgan fingerprint density at radius 3 is 2.50 bits per heavy atom. The van der Waals surface area contributed by atoms with Gasteiger partial charge in [0.25, 0.3) is 5.56 Å². The molecule has 0 saturated carbocycles. The zero-order valence-electron chi connectivity index (χ0n) is 21.6. The van der Waals surface area contributed by atoms with Crippen molar-refractivity contribution in [2.24, 2.45) is 11.6 Å². The normalized spacial score (nSPS) is 14.0. The van der Waals surface area contributed by atoms with Gasteiger partial charge < -0.3 is 10.6 Å². The number of hydrogen-bond acceptors (Lipinski definition) is 6. The first-order valence-corrected chi connectivity index (χ1v) is 13.5. The summed E-state index contributed by atoms with van der Waals surface area (Å²) < 4.78 is 1.40. The fourth-order valence-corrected chi connectivity index (χ4v) is 5.25. The molecule has 0 fully saturated rings. The van der Waals surface area contributed by atoms with E-state index in [9.17, 15) is 9.59 Å². The number of anilines is 1. The Bertz CT molecular complexity index is 1620.